The van der Waals surface area contributed by atoms with E-state index in [2.05, 4.69) is 16.8 Å². The molecule has 1 aliphatic rings. The van der Waals surface area contributed by atoms with Crippen molar-refractivity contribution in [1.29, 1.82) is 0 Å². The smallest absolute Gasteiger partial charge is 0.351 e. The average molecular weight is 404 g/mol. The average Bonchev–Trinajstić information content (AvgIpc) is 2.60. The number of benzene rings is 1. The summed E-state index contributed by atoms with van der Waals surface area (Å²) in [7, 11) is 0. The maximum Gasteiger partial charge on any atom is 0.416 e. The lowest BCUT2D eigenvalue weighted by Gasteiger charge is -2.34. The van der Waals surface area contributed by atoms with Crippen molar-refractivity contribution in [2.24, 2.45) is 0 Å². The van der Waals surface area contributed by atoms with Crippen molar-refractivity contribution < 1.29 is 22.8 Å². The molecule has 1 heterocycles. The van der Waals surface area contributed by atoms with E-state index < -0.39 is 11.7 Å². The minimum atomic E-state index is -4.50. The Morgan fingerprint density at radius 3 is 2.44 bits per heavy atom. The number of carbonyl (C=O) groups is 2. The molecule has 1 fully saturated rings. The van der Waals surface area contributed by atoms with E-state index in [0.29, 0.717) is 39.3 Å². The molecule has 1 aliphatic heterocycles. The molecule has 1 N–H and O–H groups in total. The van der Waals surface area contributed by atoms with E-state index in [1.165, 1.54) is 12.1 Å². The summed E-state index contributed by atoms with van der Waals surface area (Å²) in [5.41, 5.74) is -0.612. The number of halogens is 4. The Hall–Kier alpha value is -2.06. The number of piperazine rings is 1. The van der Waals surface area contributed by atoms with Gasteiger partial charge in [0.05, 0.1) is 12.0 Å². The van der Waals surface area contributed by atoms with Crippen LogP contribution in [0.5, 0.6) is 0 Å². The van der Waals surface area contributed by atoms with Crippen LogP contribution in [0.15, 0.2) is 30.9 Å². The van der Waals surface area contributed by atoms with Gasteiger partial charge in [-0.3, -0.25) is 14.5 Å². The zero-order valence-electron chi connectivity index (χ0n) is 14.7. The predicted molar refractivity (Wildman–Crippen MR) is 96.4 cm³/mol. The van der Waals surface area contributed by atoms with Gasteiger partial charge in [0.2, 0.25) is 11.8 Å². The first-order valence-electron chi connectivity index (χ1n) is 8.46. The highest BCUT2D eigenvalue weighted by atomic mass is 35.5. The van der Waals surface area contributed by atoms with Crippen LogP contribution >= 0.6 is 11.6 Å². The molecule has 1 saturated heterocycles. The maximum absolute atomic E-state index is 12.9. The maximum atomic E-state index is 12.9. The van der Waals surface area contributed by atoms with E-state index in [4.69, 9.17) is 11.6 Å². The SMILES string of the molecule is C=CC(=O)NCCN1CCN(C(=O)Cc2cc(Cl)cc(C(F)(F)F)c2)CC1. The van der Waals surface area contributed by atoms with Crippen molar-refractivity contribution in [3.8, 4) is 0 Å². The van der Waals surface area contributed by atoms with Crippen molar-refractivity contribution in [2.45, 2.75) is 12.6 Å². The molecule has 9 heteroatoms. The first-order chi connectivity index (χ1) is 12.7. The van der Waals surface area contributed by atoms with Gasteiger partial charge in [-0.15, -0.1) is 0 Å². The van der Waals surface area contributed by atoms with E-state index in [-0.39, 0.29) is 28.8 Å². The number of alkyl halides is 3. The Balaban J connectivity index is 1.85. The number of nitrogens with zero attached hydrogens (tertiary/aromatic N) is 2. The normalized spacial score (nSPS) is 15.5. The molecule has 0 aromatic heterocycles. The second-order valence-electron chi connectivity index (χ2n) is 6.24. The Morgan fingerprint density at radius 2 is 1.85 bits per heavy atom. The first kappa shape index (κ1) is 21.2. The highest BCUT2D eigenvalue weighted by molar-refractivity contribution is 6.30. The van der Waals surface area contributed by atoms with Gasteiger partial charge < -0.3 is 10.2 Å². The lowest BCUT2D eigenvalue weighted by Crippen LogP contribution is -2.50. The lowest BCUT2D eigenvalue weighted by atomic mass is 10.1. The second-order valence-corrected chi connectivity index (χ2v) is 6.68. The highest BCUT2D eigenvalue weighted by Crippen LogP contribution is 2.32. The van der Waals surface area contributed by atoms with E-state index in [1.807, 2.05) is 0 Å². The van der Waals surface area contributed by atoms with Gasteiger partial charge >= 0.3 is 6.18 Å². The fourth-order valence-corrected chi connectivity index (χ4v) is 3.09. The third kappa shape index (κ3) is 6.55. The topological polar surface area (TPSA) is 52.7 Å². The lowest BCUT2D eigenvalue weighted by molar-refractivity contribution is -0.138. The zero-order valence-corrected chi connectivity index (χ0v) is 15.4. The van der Waals surface area contributed by atoms with E-state index >= 15 is 0 Å². The fraction of sp³-hybridized carbons (Fsp3) is 0.444. The molecule has 5 nitrogen and oxygen atoms in total. The summed E-state index contributed by atoms with van der Waals surface area (Å²) in [5.74, 6) is -0.464. The summed E-state index contributed by atoms with van der Waals surface area (Å²) in [6, 6.07) is 3.19. The largest absolute Gasteiger partial charge is 0.416 e. The molecule has 0 bridgehead atoms. The predicted octanol–water partition coefficient (Wildman–Crippen LogP) is 2.35. The first-order valence-corrected chi connectivity index (χ1v) is 8.84. The van der Waals surface area contributed by atoms with Gasteiger partial charge in [0.15, 0.2) is 0 Å². The summed E-state index contributed by atoms with van der Waals surface area (Å²) in [4.78, 5) is 27.2. The molecule has 2 rings (SSSR count). The molecular formula is C18H21ClF3N3O2. The van der Waals surface area contributed by atoms with Gasteiger partial charge in [-0.1, -0.05) is 18.2 Å². The number of hydrogen-bond acceptors (Lipinski definition) is 3. The van der Waals surface area contributed by atoms with Crippen molar-refractivity contribution in [2.75, 3.05) is 39.3 Å². The molecule has 0 spiro atoms. The summed E-state index contributed by atoms with van der Waals surface area (Å²) in [6.45, 7) is 6.77. The second kappa shape index (κ2) is 9.23. The molecule has 0 unspecified atom stereocenters. The van der Waals surface area contributed by atoms with E-state index in [9.17, 15) is 22.8 Å². The van der Waals surface area contributed by atoms with Gasteiger partial charge in [-0.2, -0.15) is 13.2 Å². The highest BCUT2D eigenvalue weighted by Gasteiger charge is 2.31. The molecule has 2 amide bonds. The molecule has 0 atom stereocenters. The van der Waals surface area contributed by atoms with E-state index in [0.717, 1.165) is 12.1 Å². The van der Waals surface area contributed by atoms with Gasteiger partial charge in [-0.25, -0.2) is 0 Å². The van der Waals surface area contributed by atoms with Gasteiger partial charge in [0.1, 0.15) is 0 Å². The molecule has 0 radical (unpaired) electrons. The number of rotatable bonds is 6. The monoisotopic (exact) mass is 403 g/mol. The summed E-state index contributed by atoms with van der Waals surface area (Å²) in [6.07, 6.45) is -3.43. The molecular weight excluding hydrogens is 383 g/mol. The number of hydrogen-bond donors (Lipinski definition) is 1. The van der Waals surface area contributed by atoms with Gasteiger partial charge in [0.25, 0.3) is 0 Å². The fourth-order valence-electron chi connectivity index (χ4n) is 2.83. The molecule has 27 heavy (non-hydrogen) atoms. The number of nitrogens with one attached hydrogen (secondary N) is 1. The van der Waals surface area contributed by atoms with Crippen LogP contribution in [-0.2, 0) is 22.2 Å². The minimum absolute atomic E-state index is 0.0426. The number of amides is 2. The summed E-state index contributed by atoms with van der Waals surface area (Å²) < 4.78 is 38.6. The van der Waals surface area contributed by atoms with Crippen molar-refractivity contribution in [3.05, 3.63) is 47.0 Å². The van der Waals surface area contributed by atoms with Crippen LogP contribution in [0, 0.1) is 0 Å². The Labute approximate surface area is 160 Å². The van der Waals surface area contributed by atoms with Crippen LogP contribution in [0.4, 0.5) is 13.2 Å². The van der Waals surface area contributed by atoms with Crippen LogP contribution in [0.1, 0.15) is 11.1 Å². The van der Waals surface area contributed by atoms with Gasteiger partial charge in [-0.05, 0) is 29.8 Å². The molecule has 1 aromatic carbocycles. The molecule has 0 aliphatic carbocycles. The Morgan fingerprint density at radius 1 is 1.19 bits per heavy atom. The van der Waals surface area contributed by atoms with Crippen molar-refractivity contribution in [1.82, 2.24) is 15.1 Å². The molecule has 1 aromatic rings. The summed E-state index contributed by atoms with van der Waals surface area (Å²) >= 11 is 5.76. The standard InChI is InChI=1S/C18H21ClF3N3O2/c1-2-16(26)23-3-4-24-5-7-25(8-6-24)17(27)11-13-9-14(18(20,21)22)12-15(19)10-13/h2,9-10,12H,1,3-8,11H2,(H,23,26). The van der Waals surface area contributed by atoms with E-state index in [1.54, 1.807) is 4.90 Å². The van der Waals surface area contributed by atoms with Crippen LogP contribution in [-0.4, -0.2) is 60.9 Å². The third-order valence-corrected chi connectivity index (χ3v) is 4.50. The Bertz CT molecular complexity index is 702. The molecule has 148 valence electrons. The van der Waals surface area contributed by atoms with Gasteiger partial charge in [0, 0.05) is 44.3 Å². The Kier molecular flexibility index (Phi) is 7.26. The van der Waals surface area contributed by atoms with Crippen LogP contribution in [0.2, 0.25) is 5.02 Å². The van der Waals surface area contributed by atoms with Crippen LogP contribution in [0.25, 0.3) is 0 Å². The van der Waals surface area contributed by atoms with Crippen LogP contribution in [0.3, 0.4) is 0 Å². The van der Waals surface area contributed by atoms with Crippen molar-refractivity contribution in [3.63, 3.8) is 0 Å². The zero-order chi connectivity index (χ0) is 20.0. The minimum Gasteiger partial charge on any atom is -0.351 e. The summed E-state index contributed by atoms with van der Waals surface area (Å²) in [5, 5.41) is 2.64. The molecule has 0 saturated carbocycles. The van der Waals surface area contributed by atoms with Crippen LogP contribution < -0.4 is 5.32 Å². The third-order valence-electron chi connectivity index (χ3n) is 4.28. The quantitative estimate of drug-likeness (QED) is 0.742. The number of carbonyl (C=O) groups excluding carboxylic acids is 2. The van der Waals surface area contributed by atoms with Crippen molar-refractivity contribution >= 4 is 23.4 Å².